The molecule has 1 aliphatic rings. The van der Waals surface area contributed by atoms with E-state index in [4.69, 9.17) is 0 Å². The van der Waals surface area contributed by atoms with Crippen LogP contribution in [-0.2, 0) is 4.79 Å². The molecule has 0 bridgehead atoms. The lowest BCUT2D eigenvalue weighted by molar-refractivity contribution is -0.145. The standard InChI is InChI=1S/C14H28N2O2/c1-10(2)15-14(5,13(17)18)9-16(11(3)4)8-12-6-7-12/h10-12,15H,6-9H2,1-5H3,(H,17,18). The summed E-state index contributed by atoms with van der Waals surface area (Å²) in [5.41, 5.74) is -0.868. The van der Waals surface area contributed by atoms with Crippen molar-refractivity contribution in [3.63, 3.8) is 0 Å². The van der Waals surface area contributed by atoms with Gasteiger partial charge >= 0.3 is 5.97 Å². The molecule has 0 aliphatic heterocycles. The quantitative estimate of drug-likeness (QED) is 0.697. The van der Waals surface area contributed by atoms with Gasteiger partial charge in [-0.05, 0) is 53.4 Å². The Morgan fingerprint density at radius 2 is 1.94 bits per heavy atom. The number of carbonyl (C=O) groups is 1. The van der Waals surface area contributed by atoms with Crippen LogP contribution in [0.25, 0.3) is 0 Å². The Labute approximate surface area is 111 Å². The largest absolute Gasteiger partial charge is 0.480 e. The van der Waals surface area contributed by atoms with Gasteiger partial charge in [-0.1, -0.05) is 0 Å². The van der Waals surface area contributed by atoms with Gasteiger partial charge in [-0.25, -0.2) is 0 Å². The Bertz CT molecular complexity index is 288. The van der Waals surface area contributed by atoms with E-state index in [9.17, 15) is 9.90 Å². The fourth-order valence-electron chi connectivity index (χ4n) is 2.31. The summed E-state index contributed by atoms with van der Waals surface area (Å²) in [6.07, 6.45) is 2.59. The molecule has 0 spiro atoms. The van der Waals surface area contributed by atoms with Crippen molar-refractivity contribution < 1.29 is 9.90 Å². The summed E-state index contributed by atoms with van der Waals surface area (Å²) in [5.74, 6) is 0.0159. The Balaban J connectivity index is 2.68. The van der Waals surface area contributed by atoms with Gasteiger partial charge in [-0.2, -0.15) is 0 Å². The number of aliphatic carboxylic acids is 1. The first-order valence-electron chi connectivity index (χ1n) is 6.99. The van der Waals surface area contributed by atoms with Crippen LogP contribution in [0.5, 0.6) is 0 Å². The van der Waals surface area contributed by atoms with Crippen LogP contribution in [0.4, 0.5) is 0 Å². The van der Waals surface area contributed by atoms with Crippen molar-refractivity contribution in [2.75, 3.05) is 13.1 Å². The second-order valence-corrected chi connectivity index (χ2v) is 6.40. The number of rotatable bonds is 8. The lowest BCUT2D eigenvalue weighted by Crippen LogP contribution is -2.60. The van der Waals surface area contributed by atoms with E-state index in [-0.39, 0.29) is 6.04 Å². The molecule has 0 aromatic heterocycles. The lowest BCUT2D eigenvalue weighted by atomic mass is 9.99. The highest BCUT2D eigenvalue weighted by molar-refractivity contribution is 5.78. The molecule has 18 heavy (non-hydrogen) atoms. The van der Waals surface area contributed by atoms with Gasteiger partial charge in [0.05, 0.1) is 0 Å². The smallest absolute Gasteiger partial charge is 0.324 e. The van der Waals surface area contributed by atoms with Crippen LogP contribution in [0.1, 0.15) is 47.5 Å². The normalized spacial score (nSPS) is 19.6. The minimum absolute atomic E-state index is 0.168. The highest BCUT2D eigenvalue weighted by atomic mass is 16.4. The van der Waals surface area contributed by atoms with Crippen LogP contribution >= 0.6 is 0 Å². The molecule has 106 valence electrons. The monoisotopic (exact) mass is 256 g/mol. The van der Waals surface area contributed by atoms with Gasteiger partial charge in [-0.3, -0.25) is 15.0 Å². The summed E-state index contributed by atoms with van der Waals surface area (Å²) in [7, 11) is 0. The van der Waals surface area contributed by atoms with Crippen molar-refractivity contribution in [3.05, 3.63) is 0 Å². The average molecular weight is 256 g/mol. The number of nitrogens with one attached hydrogen (secondary N) is 1. The first-order chi connectivity index (χ1) is 8.24. The van der Waals surface area contributed by atoms with Gasteiger partial charge in [0.15, 0.2) is 0 Å². The van der Waals surface area contributed by atoms with Crippen molar-refractivity contribution in [1.82, 2.24) is 10.2 Å². The van der Waals surface area contributed by atoms with Crippen LogP contribution in [0.2, 0.25) is 0 Å². The molecule has 0 radical (unpaired) electrons. The Morgan fingerprint density at radius 3 is 2.28 bits per heavy atom. The van der Waals surface area contributed by atoms with Gasteiger partial charge < -0.3 is 5.11 Å². The van der Waals surface area contributed by atoms with Gasteiger partial charge in [0.2, 0.25) is 0 Å². The van der Waals surface area contributed by atoms with E-state index >= 15 is 0 Å². The second-order valence-electron chi connectivity index (χ2n) is 6.40. The summed E-state index contributed by atoms with van der Waals surface area (Å²) in [5, 5.41) is 12.7. The fourth-order valence-corrected chi connectivity index (χ4v) is 2.31. The second kappa shape index (κ2) is 6.02. The lowest BCUT2D eigenvalue weighted by Gasteiger charge is -2.36. The molecule has 1 fully saturated rings. The zero-order valence-corrected chi connectivity index (χ0v) is 12.4. The van der Waals surface area contributed by atoms with E-state index in [2.05, 4.69) is 24.1 Å². The van der Waals surface area contributed by atoms with Crippen LogP contribution in [0.15, 0.2) is 0 Å². The summed E-state index contributed by atoms with van der Waals surface area (Å²) < 4.78 is 0. The van der Waals surface area contributed by atoms with Gasteiger partial charge in [-0.15, -0.1) is 0 Å². The van der Waals surface area contributed by atoms with Crippen molar-refractivity contribution in [3.8, 4) is 0 Å². The minimum atomic E-state index is -0.868. The molecule has 1 rings (SSSR count). The van der Waals surface area contributed by atoms with Gasteiger partial charge in [0.1, 0.15) is 5.54 Å². The van der Waals surface area contributed by atoms with Crippen LogP contribution in [0.3, 0.4) is 0 Å². The molecule has 0 heterocycles. The topological polar surface area (TPSA) is 52.6 Å². The van der Waals surface area contributed by atoms with Crippen molar-refractivity contribution in [2.24, 2.45) is 5.92 Å². The SMILES string of the molecule is CC(C)NC(C)(CN(CC1CC1)C(C)C)C(=O)O. The number of hydrogen-bond acceptors (Lipinski definition) is 3. The maximum absolute atomic E-state index is 11.5. The molecule has 4 heteroatoms. The van der Waals surface area contributed by atoms with Crippen LogP contribution in [-0.4, -0.2) is 46.7 Å². The molecule has 4 nitrogen and oxygen atoms in total. The third-order valence-electron chi connectivity index (χ3n) is 3.52. The predicted molar refractivity (Wildman–Crippen MR) is 73.7 cm³/mol. The molecule has 1 unspecified atom stereocenters. The molecule has 1 saturated carbocycles. The molecule has 0 aromatic carbocycles. The molecule has 2 N–H and O–H groups in total. The first kappa shape index (κ1) is 15.4. The van der Waals surface area contributed by atoms with E-state index in [1.165, 1.54) is 12.8 Å². The Kier molecular flexibility index (Phi) is 5.17. The molecule has 1 atom stereocenters. The molecule has 0 amide bonds. The maximum atomic E-state index is 11.5. The van der Waals surface area contributed by atoms with E-state index in [1.807, 2.05) is 13.8 Å². The van der Waals surface area contributed by atoms with E-state index in [0.29, 0.717) is 12.6 Å². The Hall–Kier alpha value is -0.610. The highest BCUT2D eigenvalue weighted by Crippen LogP contribution is 2.30. The third kappa shape index (κ3) is 4.58. The van der Waals surface area contributed by atoms with Crippen molar-refractivity contribution >= 4 is 5.97 Å². The average Bonchev–Trinajstić information content (AvgIpc) is 2.98. The van der Waals surface area contributed by atoms with E-state index in [1.54, 1.807) is 6.92 Å². The summed E-state index contributed by atoms with van der Waals surface area (Å²) in [6.45, 7) is 11.6. The number of nitrogens with zero attached hydrogens (tertiary/aromatic N) is 1. The zero-order valence-electron chi connectivity index (χ0n) is 12.4. The van der Waals surface area contributed by atoms with Crippen LogP contribution in [0, 0.1) is 5.92 Å². The summed E-state index contributed by atoms with van der Waals surface area (Å²) >= 11 is 0. The maximum Gasteiger partial charge on any atom is 0.324 e. The van der Waals surface area contributed by atoms with Crippen molar-refractivity contribution in [2.45, 2.75) is 65.1 Å². The predicted octanol–water partition coefficient (Wildman–Crippen LogP) is 1.95. The Morgan fingerprint density at radius 1 is 1.39 bits per heavy atom. The zero-order chi connectivity index (χ0) is 13.9. The molecular formula is C14H28N2O2. The summed E-state index contributed by atoms with van der Waals surface area (Å²) in [4.78, 5) is 13.8. The molecule has 0 aromatic rings. The molecular weight excluding hydrogens is 228 g/mol. The molecule has 1 aliphatic carbocycles. The highest BCUT2D eigenvalue weighted by Gasteiger charge is 2.37. The number of carboxylic acid groups (broad SMARTS) is 1. The number of hydrogen-bond donors (Lipinski definition) is 2. The fraction of sp³-hybridized carbons (Fsp3) is 0.929. The van der Waals surface area contributed by atoms with Crippen LogP contribution < -0.4 is 5.32 Å². The van der Waals surface area contributed by atoms with E-state index in [0.717, 1.165) is 12.5 Å². The van der Waals surface area contributed by atoms with Gasteiger partial charge in [0, 0.05) is 25.2 Å². The minimum Gasteiger partial charge on any atom is -0.480 e. The molecule has 0 saturated heterocycles. The number of carboxylic acids is 1. The van der Waals surface area contributed by atoms with E-state index < -0.39 is 11.5 Å². The third-order valence-corrected chi connectivity index (χ3v) is 3.52. The summed E-state index contributed by atoms with van der Waals surface area (Å²) in [6, 6.07) is 0.555. The van der Waals surface area contributed by atoms with Gasteiger partial charge in [0.25, 0.3) is 0 Å². The van der Waals surface area contributed by atoms with Crippen molar-refractivity contribution in [1.29, 1.82) is 0 Å². The first-order valence-corrected chi connectivity index (χ1v) is 6.99.